The summed E-state index contributed by atoms with van der Waals surface area (Å²) in [4.78, 5) is 23.4. The summed E-state index contributed by atoms with van der Waals surface area (Å²) >= 11 is 0. The molecule has 3 aromatic rings. The molecule has 1 aromatic carbocycles. The van der Waals surface area contributed by atoms with Gasteiger partial charge in [-0.2, -0.15) is 4.98 Å². The minimum absolute atomic E-state index is 0.00256. The van der Waals surface area contributed by atoms with Crippen molar-refractivity contribution in [1.82, 2.24) is 14.5 Å². The highest BCUT2D eigenvalue weighted by atomic mass is 19.3. The van der Waals surface area contributed by atoms with Crippen molar-refractivity contribution in [2.75, 3.05) is 41.8 Å². The summed E-state index contributed by atoms with van der Waals surface area (Å²) in [7, 11) is 1.56. The number of fused-ring (bicyclic) bond motifs is 3. The van der Waals surface area contributed by atoms with Crippen molar-refractivity contribution in [3.05, 3.63) is 40.6 Å². The van der Waals surface area contributed by atoms with Crippen molar-refractivity contribution in [2.45, 2.75) is 37.8 Å². The molecule has 2 aromatic heterocycles. The van der Waals surface area contributed by atoms with E-state index in [0.717, 1.165) is 6.20 Å². The SMILES string of the molecule is CC1CN(c2ncc(F)c(Nc3ccc4c(c3)c3c(c(=O)n4C)OCC(F)(F)C(C4CC4)N3)n2)CCO1. The zero-order valence-electron chi connectivity index (χ0n) is 20.4. The van der Waals surface area contributed by atoms with Crippen LogP contribution in [-0.4, -0.2) is 58.9 Å². The number of anilines is 4. The Bertz CT molecular complexity index is 1430. The highest BCUT2D eigenvalue weighted by Crippen LogP contribution is 2.45. The number of alkyl halides is 2. The lowest BCUT2D eigenvalue weighted by molar-refractivity contribution is -0.0579. The smallest absolute Gasteiger partial charge is 0.301 e. The van der Waals surface area contributed by atoms with E-state index >= 15 is 0 Å². The van der Waals surface area contributed by atoms with Crippen LogP contribution in [0.25, 0.3) is 10.9 Å². The first kappa shape index (κ1) is 23.8. The Balaban J connectivity index is 1.39. The van der Waals surface area contributed by atoms with E-state index in [-0.39, 0.29) is 29.3 Å². The van der Waals surface area contributed by atoms with Crippen LogP contribution < -0.4 is 25.8 Å². The molecule has 2 aliphatic heterocycles. The van der Waals surface area contributed by atoms with Crippen molar-refractivity contribution in [2.24, 2.45) is 13.0 Å². The highest BCUT2D eigenvalue weighted by Gasteiger charge is 2.51. The van der Waals surface area contributed by atoms with E-state index in [0.29, 0.717) is 55.1 Å². The number of nitrogens with one attached hydrogen (secondary N) is 2. The van der Waals surface area contributed by atoms with Gasteiger partial charge < -0.3 is 29.6 Å². The standard InChI is InChI=1S/C25H27F3N6O3/c1-13-11-34(7-8-36-13)24-29-10-17(26)22(32-24)30-15-5-6-18-16(9-15)19-20(23(35)33(18)2)37-12-25(27,28)21(31-19)14-3-4-14/h5-6,9-10,13-14,21,31H,3-4,7-8,11-12H2,1-2H3,(H,29,30,32). The topological polar surface area (TPSA) is 93.5 Å². The lowest BCUT2D eigenvalue weighted by Gasteiger charge is -2.31. The number of aryl methyl sites for hydroxylation is 1. The average Bonchev–Trinajstić information content (AvgIpc) is 3.71. The molecule has 4 heterocycles. The maximum Gasteiger partial charge on any atom is 0.301 e. The Hall–Kier alpha value is -3.54. The number of morpholine rings is 1. The molecule has 9 nitrogen and oxygen atoms in total. The second-order valence-electron chi connectivity index (χ2n) is 9.93. The quantitative estimate of drug-likeness (QED) is 0.543. The van der Waals surface area contributed by atoms with Crippen LogP contribution in [0.4, 0.5) is 36.3 Å². The van der Waals surface area contributed by atoms with Gasteiger partial charge in [-0.05, 0) is 43.9 Å². The van der Waals surface area contributed by atoms with Gasteiger partial charge in [0.1, 0.15) is 0 Å². The molecule has 0 amide bonds. The molecular weight excluding hydrogens is 489 g/mol. The van der Waals surface area contributed by atoms with E-state index in [1.54, 1.807) is 25.2 Å². The molecule has 0 bridgehead atoms. The number of aromatic nitrogens is 3. The second kappa shape index (κ2) is 8.79. The first-order chi connectivity index (χ1) is 17.7. The average molecular weight is 517 g/mol. The monoisotopic (exact) mass is 516 g/mol. The zero-order chi connectivity index (χ0) is 25.9. The van der Waals surface area contributed by atoms with Crippen LogP contribution in [0, 0.1) is 11.7 Å². The molecule has 6 rings (SSSR count). The Morgan fingerprint density at radius 3 is 2.84 bits per heavy atom. The number of rotatable bonds is 4. The van der Waals surface area contributed by atoms with Crippen molar-refractivity contribution >= 4 is 34.0 Å². The van der Waals surface area contributed by atoms with Crippen LogP contribution in [0.3, 0.4) is 0 Å². The molecule has 196 valence electrons. The summed E-state index contributed by atoms with van der Waals surface area (Å²) in [5.41, 5.74) is 0.709. The van der Waals surface area contributed by atoms with Gasteiger partial charge in [0.05, 0.1) is 36.2 Å². The summed E-state index contributed by atoms with van der Waals surface area (Å²) < 4.78 is 56.7. The van der Waals surface area contributed by atoms with Gasteiger partial charge in [0.15, 0.2) is 18.2 Å². The number of hydrogen-bond donors (Lipinski definition) is 2. The van der Waals surface area contributed by atoms with Gasteiger partial charge in [-0.1, -0.05) is 0 Å². The van der Waals surface area contributed by atoms with Crippen LogP contribution in [0.15, 0.2) is 29.2 Å². The fraction of sp³-hybridized carbons (Fsp3) is 0.480. The molecule has 12 heteroatoms. The molecule has 1 aliphatic carbocycles. The van der Waals surface area contributed by atoms with E-state index in [4.69, 9.17) is 9.47 Å². The largest absolute Gasteiger partial charge is 0.480 e. The van der Waals surface area contributed by atoms with Crippen molar-refractivity contribution in [3.8, 4) is 5.75 Å². The number of hydrogen-bond acceptors (Lipinski definition) is 8. The number of pyridine rings is 1. The molecular formula is C25H27F3N6O3. The fourth-order valence-electron chi connectivity index (χ4n) is 5.02. The molecule has 3 aliphatic rings. The van der Waals surface area contributed by atoms with E-state index in [1.165, 1.54) is 4.57 Å². The summed E-state index contributed by atoms with van der Waals surface area (Å²) in [6.45, 7) is 2.77. The second-order valence-corrected chi connectivity index (χ2v) is 9.93. The Kier molecular flexibility index (Phi) is 5.66. The van der Waals surface area contributed by atoms with Crippen molar-refractivity contribution in [1.29, 1.82) is 0 Å². The maximum atomic E-state index is 14.9. The van der Waals surface area contributed by atoms with Gasteiger partial charge in [-0.15, -0.1) is 0 Å². The van der Waals surface area contributed by atoms with Gasteiger partial charge in [0.2, 0.25) is 11.7 Å². The van der Waals surface area contributed by atoms with Crippen LogP contribution in [0.5, 0.6) is 5.75 Å². The number of nitrogens with zero attached hydrogens (tertiary/aromatic N) is 4. The fourth-order valence-corrected chi connectivity index (χ4v) is 5.02. The lowest BCUT2D eigenvalue weighted by Crippen LogP contribution is -2.44. The molecule has 1 saturated heterocycles. The van der Waals surface area contributed by atoms with Crippen LogP contribution >= 0.6 is 0 Å². The van der Waals surface area contributed by atoms with Crippen LogP contribution in [0.1, 0.15) is 19.8 Å². The van der Waals surface area contributed by atoms with E-state index in [9.17, 15) is 18.0 Å². The minimum atomic E-state index is -3.13. The molecule has 37 heavy (non-hydrogen) atoms. The molecule has 0 spiro atoms. The van der Waals surface area contributed by atoms with Crippen LogP contribution in [0.2, 0.25) is 0 Å². The molecule has 0 radical (unpaired) electrons. The minimum Gasteiger partial charge on any atom is -0.480 e. The predicted octanol–water partition coefficient (Wildman–Crippen LogP) is 3.65. The number of ether oxygens (including phenoxy) is 2. The Labute approximate surface area is 210 Å². The third-order valence-corrected chi connectivity index (χ3v) is 7.13. The first-order valence-electron chi connectivity index (χ1n) is 12.3. The normalized spacial score (nSPS) is 23.1. The summed E-state index contributed by atoms with van der Waals surface area (Å²) in [6.07, 6.45) is 2.49. The van der Waals surface area contributed by atoms with Gasteiger partial charge in [0.25, 0.3) is 5.56 Å². The Morgan fingerprint density at radius 1 is 1.27 bits per heavy atom. The van der Waals surface area contributed by atoms with E-state index < -0.39 is 29.9 Å². The Morgan fingerprint density at radius 2 is 2.08 bits per heavy atom. The van der Waals surface area contributed by atoms with E-state index in [1.807, 2.05) is 11.8 Å². The molecule has 2 fully saturated rings. The van der Waals surface area contributed by atoms with Crippen molar-refractivity contribution < 1.29 is 22.6 Å². The summed E-state index contributed by atoms with van der Waals surface area (Å²) in [5, 5.41) is 6.44. The zero-order valence-corrected chi connectivity index (χ0v) is 20.4. The predicted molar refractivity (Wildman–Crippen MR) is 133 cm³/mol. The highest BCUT2D eigenvalue weighted by molar-refractivity contribution is 5.97. The lowest BCUT2D eigenvalue weighted by atomic mass is 10.0. The maximum absolute atomic E-state index is 14.9. The third-order valence-electron chi connectivity index (χ3n) is 7.13. The summed E-state index contributed by atoms with van der Waals surface area (Å²) in [6, 6.07) is 3.89. The first-order valence-corrected chi connectivity index (χ1v) is 12.3. The van der Waals surface area contributed by atoms with Crippen molar-refractivity contribution in [3.63, 3.8) is 0 Å². The third kappa shape index (κ3) is 4.32. The summed E-state index contributed by atoms with van der Waals surface area (Å²) in [5.74, 6) is -3.76. The van der Waals surface area contributed by atoms with E-state index in [2.05, 4.69) is 20.6 Å². The number of benzene rings is 1. The van der Waals surface area contributed by atoms with Gasteiger partial charge in [-0.25, -0.2) is 18.2 Å². The molecule has 2 atom stereocenters. The molecule has 1 saturated carbocycles. The molecule has 2 unspecified atom stereocenters. The number of halogens is 3. The van der Waals surface area contributed by atoms with Gasteiger partial charge in [-0.3, -0.25) is 4.79 Å². The van der Waals surface area contributed by atoms with Gasteiger partial charge in [0, 0.05) is 31.2 Å². The molecule has 2 N–H and O–H groups in total. The van der Waals surface area contributed by atoms with Crippen LogP contribution in [-0.2, 0) is 11.8 Å². The van der Waals surface area contributed by atoms with Gasteiger partial charge >= 0.3 is 5.92 Å².